The molecule has 1 atom stereocenters. The number of ether oxygens (including phenoxy) is 1. The molecule has 1 amide bonds. The average Bonchev–Trinajstić information content (AvgIpc) is 2.46. The standard InChI is InChI=1S/C14H16FNO4/c15-10-4-6-11(7-5-10)20-9-13(17)16-8-2-1-3-12(16)14(18)19/h4-7,12H,1-3,8-9H2,(H,18,19)/t12-/m0/s1. The third kappa shape index (κ3) is 3.46. The van der Waals surface area contributed by atoms with Crippen LogP contribution in [-0.2, 0) is 9.59 Å². The van der Waals surface area contributed by atoms with Crippen molar-refractivity contribution >= 4 is 11.9 Å². The lowest BCUT2D eigenvalue weighted by Gasteiger charge is -2.32. The number of halogens is 1. The van der Waals surface area contributed by atoms with E-state index in [1.165, 1.54) is 29.2 Å². The molecule has 0 radical (unpaired) electrons. The maximum absolute atomic E-state index is 12.7. The zero-order valence-corrected chi connectivity index (χ0v) is 10.9. The highest BCUT2D eigenvalue weighted by Gasteiger charge is 2.31. The van der Waals surface area contributed by atoms with Gasteiger partial charge in [0.1, 0.15) is 17.6 Å². The summed E-state index contributed by atoms with van der Waals surface area (Å²) in [6.07, 6.45) is 2.07. The third-order valence-electron chi connectivity index (χ3n) is 3.28. The number of carboxylic acids is 1. The van der Waals surface area contributed by atoms with Crippen molar-refractivity contribution in [3.05, 3.63) is 30.1 Å². The second kappa shape index (κ2) is 6.36. The van der Waals surface area contributed by atoms with E-state index in [1.54, 1.807) is 0 Å². The Labute approximate surface area is 116 Å². The smallest absolute Gasteiger partial charge is 0.326 e. The van der Waals surface area contributed by atoms with Crippen LogP contribution in [0.2, 0.25) is 0 Å². The Bertz CT molecular complexity index is 488. The highest BCUT2D eigenvalue weighted by molar-refractivity contribution is 5.84. The van der Waals surface area contributed by atoms with E-state index >= 15 is 0 Å². The minimum Gasteiger partial charge on any atom is -0.484 e. The number of carbonyl (C=O) groups excluding carboxylic acids is 1. The van der Waals surface area contributed by atoms with E-state index in [2.05, 4.69) is 0 Å². The fraction of sp³-hybridized carbons (Fsp3) is 0.429. The van der Waals surface area contributed by atoms with Crippen molar-refractivity contribution in [2.24, 2.45) is 0 Å². The van der Waals surface area contributed by atoms with Gasteiger partial charge in [-0.2, -0.15) is 0 Å². The Hall–Kier alpha value is -2.11. The summed E-state index contributed by atoms with van der Waals surface area (Å²) >= 11 is 0. The molecular formula is C14H16FNO4. The molecule has 1 saturated heterocycles. The van der Waals surface area contributed by atoms with Crippen molar-refractivity contribution in [2.75, 3.05) is 13.2 Å². The summed E-state index contributed by atoms with van der Waals surface area (Å²) in [5.74, 6) is -1.35. The maximum atomic E-state index is 12.7. The van der Waals surface area contributed by atoms with Gasteiger partial charge in [0.2, 0.25) is 0 Å². The first-order valence-corrected chi connectivity index (χ1v) is 6.48. The van der Waals surface area contributed by atoms with Gasteiger partial charge >= 0.3 is 5.97 Å². The lowest BCUT2D eigenvalue weighted by molar-refractivity contribution is -0.152. The second-order valence-corrected chi connectivity index (χ2v) is 4.68. The third-order valence-corrected chi connectivity index (χ3v) is 3.28. The summed E-state index contributed by atoms with van der Waals surface area (Å²) in [6.45, 7) is 0.192. The molecule has 1 N–H and O–H groups in total. The first-order chi connectivity index (χ1) is 9.58. The summed E-state index contributed by atoms with van der Waals surface area (Å²) in [4.78, 5) is 24.5. The predicted molar refractivity (Wildman–Crippen MR) is 68.9 cm³/mol. The number of piperidine rings is 1. The van der Waals surface area contributed by atoms with Gasteiger partial charge in [0.05, 0.1) is 0 Å². The SMILES string of the molecule is O=C(O)[C@@H]1CCCCN1C(=O)COc1ccc(F)cc1. The highest BCUT2D eigenvalue weighted by Crippen LogP contribution is 2.18. The van der Waals surface area contributed by atoms with Crippen molar-refractivity contribution < 1.29 is 23.8 Å². The number of amides is 1. The molecule has 1 aliphatic heterocycles. The van der Waals surface area contributed by atoms with Crippen molar-refractivity contribution in [1.29, 1.82) is 0 Å². The average molecular weight is 281 g/mol. The van der Waals surface area contributed by atoms with Gasteiger partial charge in [-0.3, -0.25) is 4.79 Å². The summed E-state index contributed by atoms with van der Waals surface area (Å²) in [5.41, 5.74) is 0. The van der Waals surface area contributed by atoms with Crippen LogP contribution < -0.4 is 4.74 Å². The minimum atomic E-state index is -0.986. The first kappa shape index (κ1) is 14.3. The van der Waals surface area contributed by atoms with Crippen LogP contribution in [0.15, 0.2) is 24.3 Å². The van der Waals surface area contributed by atoms with Gasteiger partial charge in [-0.15, -0.1) is 0 Å². The van der Waals surface area contributed by atoms with Crippen LogP contribution in [-0.4, -0.2) is 41.1 Å². The number of hydrogen-bond acceptors (Lipinski definition) is 3. The van der Waals surface area contributed by atoms with Crippen LogP contribution >= 0.6 is 0 Å². The Morgan fingerprint density at radius 2 is 2.00 bits per heavy atom. The number of carbonyl (C=O) groups is 2. The quantitative estimate of drug-likeness (QED) is 0.911. The Morgan fingerprint density at radius 1 is 1.30 bits per heavy atom. The molecule has 0 aromatic heterocycles. The topological polar surface area (TPSA) is 66.8 Å². The lowest BCUT2D eigenvalue weighted by Crippen LogP contribution is -2.49. The van der Waals surface area contributed by atoms with Crippen LogP contribution in [0.5, 0.6) is 5.75 Å². The molecule has 0 unspecified atom stereocenters. The minimum absolute atomic E-state index is 0.241. The number of rotatable bonds is 4. The van der Waals surface area contributed by atoms with Crippen molar-refractivity contribution in [1.82, 2.24) is 4.90 Å². The zero-order chi connectivity index (χ0) is 14.5. The van der Waals surface area contributed by atoms with E-state index in [9.17, 15) is 14.0 Å². The van der Waals surface area contributed by atoms with Gasteiger partial charge in [-0.1, -0.05) is 0 Å². The summed E-state index contributed by atoms with van der Waals surface area (Å²) in [7, 11) is 0. The molecule has 2 rings (SSSR count). The lowest BCUT2D eigenvalue weighted by atomic mass is 10.0. The molecule has 0 saturated carbocycles. The molecule has 0 spiro atoms. The monoisotopic (exact) mass is 281 g/mol. The normalized spacial score (nSPS) is 18.6. The summed E-state index contributed by atoms with van der Waals surface area (Å²) < 4.78 is 18.0. The molecule has 0 aliphatic carbocycles. The fourth-order valence-electron chi connectivity index (χ4n) is 2.25. The first-order valence-electron chi connectivity index (χ1n) is 6.48. The van der Waals surface area contributed by atoms with Crippen molar-refractivity contribution in [3.63, 3.8) is 0 Å². The van der Waals surface area contributed by atoms with E-state index < -0.39 is 12.0 Å². The van der Waals surface area contributed by atoms with Gasteiger partial charge in [-0.25, -0.2) is 9.18 Å². The van der Waals surface area contributed by atoms with Crippen LogP contribution in [0.1, 0.15) is 19.3 Å². The maximum Gasteiger partial charge on any atom is 0.326 e. The molecule has 1 heterocycles. The number of likely N-dealkylation sites (tertiary alicyclic amines) is 1. The largest absolute Gasteiger partial charge is 0.484 e. The number of aliphatic carboxylic acids is 1. The molecule has 1 aromatic rings. The molecule has 1 fully saturated rings. The molecule has 0 bridgehead atoms. The Kier molecular flexibility index (Phi) is 4.55. The van der Waals surface area contributed by atoms with E-state index in [0.29, 0.717) is 18.7 Å². The second-order valence-electron chi connectivity index (χ2n) is 4.68. The van der Waals surface area contributed by atoms with Gasteiger partial charge in [0, 0.05) is 6.54 Å². The number of carboxylic acid groups (broad SMARTS) is 1. The molecule has 108 valence electrons. The molecule has 6 heteroatoms. The van der Waals surface area contributed by atoms with Crippen LogP contribution in [0.3, 0.4) is 0 Å². The van der Waals surface area contributed by atoms with Crippen LogP contribution in [0.4, 0.5) is 4.39 Å². The summed E-state index contributed by atoms with van der Waals surface area (Å²) in [5, 5.41) is 9.10. The zero-order valence-electron chi connectivity index (χ0n) is 10.9. The predicted octanol–water partition coefficient (Wildman–Crippen LogP) is 1.67. The molecule has 1 aliphatic rings. The number of nitrogens with zero attached hydrogens (tertiary/aromatic N) is 1. The Balaban J connectivity index is 1.93. The van der Waals surface area contributed by atoms with Gasteiger partial charge < -0.3 is 14.7 Å². The summed E-state index contributed by atoms with van der Waals surface area (Å²) in [6, 6.07) is 4.55. The molecular weight excluding hydrogens is 265 g/mol. The molecule has 1 aromatic carbocycles. The van der Waals surface area contributed by atoms with Crippen molar-refractivity contribution in [2.45, 2.75) is 25.3 Å². The Morgan fingerprint density at radius 3 is 2.65 bits per heavy atom. The van der Waals surface area contributed by atoms with Gasteiger partial charge in [0.25, 0.3) is 5.91 Å². The van der Waals surface area contributed by atoms with E-state index in [1.807, 2.05) is 0 Å². The van der Waals surface area contributed by atoms with Crippen LogP contribution in [0, 0.1) is 5.82 Å². The fourth-order valence-corrected chi connectivity index (χ4v) is 2.25. The highest BCUT2D eigenvalue weighted by atomic mass is 19.1. The van der Waals surface area contributed by atoms with E-state index in [-0.39, 0.29) is 18.3 Å². The van der Waals surface area contributed by atoms with Gasteiger partial charge in [-0.05, 0) is 43.5 Å². The number of hydrogen-bond donors (Lipinski definition) is 1. The molecule has 5 nitrogen and oxygen atoms in total. The number of benzene rings is 1. The van der Waals surface area contributed by atoms with E-state index in [0.717, 1.165) is 12.8 Å². The van der Waals surface area contributed by atoms with Crippen LogP contribution in [0.25, 0.3) is 0 Å². The van der Waals surface area contributed by atoms with Gasteiger partial charge in [0.15, 0.2) is 6.61 Å². The van der Waals surface area contributed by atoms with Crippen molar-refractivity contribution in [3.8, 4) is 5.75 Å². The molecule has 20 heavy (non-hydrogen) atoms. The van der Waals surface area contributed by atoms with E-state index in [4.69, 9.17) is 9.84 Å².